The Labute approximate surface area is 118 Å². The Hall–Kier alpha value is -1.59. The lowest BCUT2D eigenvalue weighted by molar-refractivity contribution is -0.147. The molecule has 20 heavy (non-hydrogen) atoms. The number of carboxylic acid groups (broad SMARTS) is 1. The summed E-state index contributed by atoms with van der Waals surface area (Å²) < 4.78 is 0. The van der Waals surface area contributed by atoms with Gasteiger partial charge in [-0.05, 0) is 18.3 Å². The molecule has 2 rings (SSSR count). The van der Waals surface area contributed by atoms with Gasteiger partial charge in [0.25, 0.3) is 0 Å². The lowest BCUT2D eigenvalue weighted by Crippen LogP contribution is -2.44. The number of carboxylic acids is 1. The molecule has 1 heterocycles. The molecule has 2 atom stereocenters. The first-order valence-electron chi connectivity index (χ1n) is 7.32. The Morgan fingerprint density at radius 3 is 2.50 bits per heavy atom. The van der Waals surface area contributed by atoms with Gasteiger partial charge in [-0.2, -0.15) is 0 Å². The average Bonchev–Trinajstić information content (AvgIpc) is 2.91. The van der Waals surface area contributed by atoms with Crippen LogP contribution in [0.15, 0.2) is 0 Å². The Morgan fingerprint density at radius 2 is 1.90 bits per heavy atom. The van der Waals surface area contributed by atoms with E-state index in [0.29, 0.717) is 25.3 Å². The average molecular weight is 282 g/mol. The van der Waals surface area contributed by atoms with E-state index in [-0.39, 0.29) is 18.4 Å². The van der Waals surface area contributed by atoms with E-state index in [1.165, 1.54) is 24.2 Å². The van der Waals surface area contributed by atoms with Gasteiger partial charge in [0.15, 0.2) is 0 Å². The number of nitrogens with zero attached hydrogens (tertiary/aromatic N) is 1. The Kier molecular flexibility index (Phi) is 4.98. The monoisotopic (exact) mass is 282 g/mol. The summed E-state index contributed by atoms with van der Waals surface area (Å²) in [6.07, 6.45) is 6.98. The highest BCUT2D eigenvalue weighted by Crippen LogP contribution is 2.37. The molecule has 0 aromatic heterocycles. The quantitative estimate of drug-likeness (QED) is 0.723. The van der Waals surface area contributed by atoms with Gasteiger partial charge < -0.3 is 15.3 Å². The van der Waals surface area contributed by atoms with Crippen molar-refractivity contribution in [2.75, 3.05) is 13.1 Å². The Balaban J connectivity index is 2.00. The predicted octanol–water partition coefficient (Wildman–Crippen LogP) is 0.614. The van der Waals surface area contributed by atoms with Crippen LogP contribution < -0.4 is 5.32 Å². The van der Waals surface area contributed by atoms with Gasteiger partial charge >= 0.3 is 5.97 Å². The Bertz CT molecular complexity index is 379. The molecule has 112 valence electrons. The number of carbonyl (C=O) groups excluding carboxylic acids is 2. The zero-order valence-corrected chi connectivity index (χ0v) is 11.6. The van der Waals surface area contributed by atoms with Gasteiger partial charge in [-0.3, -0.25) is 9.59 Å². The zero-order valence-electron chi connectivity index (χ0n) is 11.6. The van der Waals surface area contributed by atoms with Crippen LogP contribution in [0.4, 0.5) is 0 Å². The van der Waals surface area contributed by atoms with E-state index in [4.69, 9.17) is 0 Å². The van der Waals surface area contributed by atoms with Crippen molar-refractivity contribution in [3.05, 3.63) is 0 Å². The SMILES string of the molecule is O=CNCC(=O)N1CC(C2CCCCC2)CC1C(=O)O. The smallest absolute Gasteiger partial charge is 0.326 e. The summed E-state index contributed by atoms with van der Waals surface area (Å²) in [5.74, 6) is -0.412. The molecule has 2 amide bonds. The molecule has 2 N–H and O–H groups in total. The maximum absolute atomic E-state index is 12.0. The van der Waals surface area contributed by atoms with E-state index in [1.807, 2.05) is 0 Å². The van der Waals surface area contributed by atoms with E-state index in [0.717, 1.165) is 12.8 Å². The van der Waals surface area contributed by atoms with Crippen LogP contribution in [-0.4, -0.2) is 47.4 Å². The standard InChI is InChI=1S/C14H22N2O4/c17-9-15-7-13(18)16-8-11(6-12(16)14(19)20)10-4-2-1-3-5-10/h9-12H,1-8H2,(H,15,17)(H,19,20). The van der Waals surface area contributed by atoms with Crippen molar-refractivity contribution in [1.29, 1.82) is 0 Å². The van der Waals surface area contributed by atoms with Crippen LogP contribution in [-0.2, 0) is 14.4 Å². The van der Waals surface area contributed by atoms with Gasteiger partial charge in [0.2, 0.25) is 12.3 Å². The number of aliphatic carboxylic acids is 1. The molecule has 0 bridgehead atoms. The maximum atomic E-state index is 12.0. The van der Waals surface area contributed by atoms with E-state index >= 15 is 0 Å². The minimum Gasteiger partial charge on any atom is -0.480 e. The molecule has 0 radical (unpaired) electrons. The molecular formula is C14H22N2O4. The lowest BCUT2D eigenvalue weighted by atomic mass is 9.79. The summed E-state index contributed by atoms with van der Waals surface area (Å²) in [4.78, 5) is 35.0. The van der Waals surface area contributed by atoms with Crippen molar-refractivity contribution in [2.45, 2.75) is 44.6 Å². The first-order valence-corrected chi connectivity index (χ1v) is 7.32. The Morgan fingerprint density at radius 1 is 1.20 bits per heavy atom. The van der Waals surface area contributed by atoms with Crippen LogP contribution in [0.2, 0.25) is 0 Å². The third-order valence-electron chi connectivity index (χ3n) is 4.59. The normalized spacial score (nSPS) is 27.3. The van der Waals surface area contributed by atoms with Crippen LogP contribution in [0, 0.1) is 11.8 Å². The molecule has 1 saturated carbocycles. The van der Waals surface area contributed by atoms with E-state index in [9.17, 15) is 19.5 Å². The van der Waals surface area contributed by atoms with Crippen molar-refractivity contribution < 1.29 is 19.5 Å². The number of carbonyl (C=O) groups is 3. The van der Waals surface area contributed by atoms with Gasteiger partial charge in [0.1, 0.15) is 6.04 Å². The van der Waals surface area contributed by atoms with Crippen LogP contribution in [0.25, 0.3) is 0 Å². The second-order valence-electron chi connectivity index (χ2n) is 5.79. The molecule has 0 aromatic carbocycles. The highest BCUT2D eigenvalue weighted by molar-refractivity contribution is 5.86. The number of hydrogen-bond donors (Lipinski definition) is 2. The molecule has 6 nitrogen and oxygen atoms in total. The number of rotatable bonds is 5. The number of likely N-dealkylation sites (tertiary alicyclic amines) is 1. The van der Waals surface area contributed by atoms with Crippen LogP contribution in [0.3, 0.4) is 0 Å². The number of nitrogens with one attached hydrogen (secondary N) is 1. The van der Waals surface area contributed by atoms with Crippen molar-refractivity contribution in [1.82, 2.24) is 10.2 Å². The third-order valence-corrected chi connectivity index (χ3v) is 4.59. The third kappa shape index (κ3) is 3.29. The largest absolute Gasteiger partial charge is 0.480 e. The first kappa shape index (κ1) is 14.8. The van der Waals surface area contributed by atoms with Gasteiger partial charge in [0, 0.05) is 6.54 Å². The molecule has 2 unspecified atom stereocenters. The minimum atomic E-state index is -0.942. The predicted molar refractivity (Wildman–Crippen MR) is 71.9 cm³/mol. The lowest BCUT2D eigenvalue weighted by Gasteiger charge is -2.27. The fourth-order valence-electron chi connectivity index (χ4n) is 3.56. The van der Waals surface area contributed by atoms with Crippen molar-refractivity contribution in [2.24, 2.45) is 11.8 Å². The molecule has 2 aliphatic rings. The van der Waals surface area contributed by atoms with Crippen molar-refractivity contribution >= 4 is 18.3 Å². The summed E-state index contributed by atoms with van der Waals surface area (Å²) in [7, 11) is 0. The van der Waals surface area contributed by atoms with Gasteiger partial charge in [-0.1, -0.05) is 32.1 Å². The fourth-order valence-corrected chi connectivity index (χ4v) is 3.56. The van der Waals surface area contributed by atoms with Crippen LogP contribution in [0.5, 0.6) is 0 Å². The summed E-state index contributed by atoms with van der Waals surface area (Å²) in [5, 5.41) is 11.6. The van der Waals surface area contributed by atoms with E-state index < -0.39 is 12.0 Å². The summed E-state index contributed by atoms with van der Waals surface area (Å²) in [6.45, 7) is 0.395. The van der Waals surface area contributed by atoms with E-state index in [1.54, 1.807) is 0 Å². The first-order chi connectivity index (χ1) is 9.63. The van der Waals surface area contributed by atoms with Crippen molar-refractivity contribution in [3.63, 3.8) is 0 Å². The van der Waals surface area contributed by atoms with Gasteiger partial charge in [-0.15, -0.1) is 0 Å². The maximum Gasteiger partial charge on any atom is 0.326 e. The number of hydrogen-bond acceptors (Lipinski definition) is 3. The van der Waals surface area contributed by atoms with E-state index in [2.05, 4.69) is 5.32 Å². The second kappa shape index (κ2) is 6.72. The highest BCUT2D eigenvalue weighted by atomic mass is 16.4. The highest BCUT2D eigenvalue weighted by Gasteiger charge is 2.42. The minimum absolute atomic E-state index is 0.120. The molecule has 1 saturated heterocycles. The van der Waals surface area contributed by atoms with Gasteiger partial charge in [0.05, 0.1) is 6.54 Å². The summed E-state index contributed by atoms with van der Waals surface area (Å²) >= 11 is 0. The molecule has 2 fully saturated rings. The molecule has 1 aliphatic carbocycles. The molecular weight excluding hydrogens is 260 g/mol. The summed E-state index contributed by atoms with van der Waals surface area (Å²) in [6, 6.07) is -0.733. The number of amides is 2. The molecule has 0 spiro atoms. The molecule has 0 aromatic rings. The molecule has 1 aliphatic heterocycles. The topological polar surface area (TPSA) is 86.7 Å². The fraction of sp³-hybridized carbons (Fsp3) is 0.786. The second-order valence-corrected chi connectivity index (χ2v) is 5.79. The van der Waals surface area contributed by atoms with Gasteiger partial charge in [-0.25, -0.2) is 4.79 Å². The van der Waals surface area contributed by atoms with Crippen LogP contribution in [0.1, 0.15) is 38.5 Å². The summed E-state index contributed by atoms with van der Waals surface area (Å²) in [5.41, 5.74) is 0. The van der Waals surface area contributed by atoms with Crippen molar-refractivity contribution in [3.8, 4) is 0 Å². The molecule has 6 heteroatoms. The van der Waals surface area contributed by atoms with Crippen LogP contribution >= 0.6 is 0 Å². The zero-order chi connectivity index (χ0) is 14.5.